The molecule has 0 amide bonds. The fourth-order valence-electron chi connectivity index (χ4n) is 7.24. The lowest BCUT2D eigenvalue weighted by Gasteiger charge is -2.37. The summed E-state index contributed by atoms with van der Waals surface area (Å²) in [6.45, 7) is 46.5. The summed E-state index contributed by atoms with van der Waals surface area (Å²) in [6.07, 6.45) is 0. The second-order valence-corrected chi connectivity index (χ2v) is 25.3. The molecular formula is C48H75O9P3. The van der Waals surface area contributed by atoms with E-state index in [2.05, 4.69) is 143 Å². The van der Waals surface area contributed by atoms with Gasteiger partial charge in [-0.15, -0.1) is 0 Å². The molecule has 12 heteroatoms. The lowest BCUT2D eigenvalue weighted by atomic mass is 9.79. The van der Waals surface area contributed by atoms with Crippen molar-refractivity contribution in [2.45, 2.75) is 178 Å². The van der Waals surface area contributed by atoms with Crippen molar-refractivity contribution in [3.05, 3.63) is 69.8 Å². The molecule has 0 aromatic heterocycles. The van der Waals surface area contributed by atoms with Crippen LogP contribution in [-0.4, -0.2) is 19.8 Å². The average molecular weight is 889 g/mol. The van der Waals surface area contributed by atoms with Crippen LogP contribution in [0, 0.1) is 0 Å². The van der Waals surface area contributed by atoms with Gasteiger partial charge in [-0.1, -0.05) is 143 Å². The fourth-order valence-corrected chi connectivity index (χ4v) is 11.5. The molecular weight excluding hydrogens is 813 g/mol. The minimum atomic E-state index is -2.18. The van der Waals surface area contributed by atoms with E-state index in [1.54, 1.807) is 0 Å². The van der Waals surface area contributed by atoms with Gasteiger partial charge in [0.15, 0.2) is 0 Å². The zero-order valence-corrected chi connectivity index (χ0v) is 43.3. The van der Waals surface area contributed by atoms with Gasteiger partial charge in [0.2, 0.25) is 0 Å². The van der Waals surface area contributed by atoms with Crippen LogP contribution in [0.5, 0.6) is 34.5 Å². The van der Waals surface area contributed by atoms with Gasteiger partial charge in [0, 0.05) is 33.4 Å². The van der Waals surface area contributed by atoms with E-state index in [0.29, 0.717) is 37.1 Å². The number of hydrogen-bond acceptors (Lipinski definition) is 9. The predicted molar refractivity (Wildman–Crippen MR) is 251 cm³/mol. The Kier molecular flexibility index (Phi) is 15.7. The maximum absolute atomic E-state index is 7.09. The van der Waals surface area contributed by atoms with Crippen molar-refractivity contribution in [3.63, 3.8) is 0 Å². The zero-order valence-electron chi connectivity index (χ0n) is 40.6. The molecule has 1 heterocycles. The van der Waals surface area contributed by atoms with Crippen LogP contribution in [0.1, 0.15) is 179 Å². The number of hydrogen-bond donors (Lipinski definition) is 0. The van der Waals surface area contributed by atoms with Gasteiger partial charge >= 0.3 is 25.8 Å². The van der Waals surface area contributed by atoms with E-state index in [9.17, 15) is 0 Å². The Morgan fingerprint density at radius 3 is 0.733 bits per heavy atom. The molecule has 0 spiro atoms. The topological polar surface area (TPSA) is 83.1 Å². The van der Waals surface area contributed by atoms with Crippen molar-refractivity contribution >= 4 is 25.8 Å². The molecule has 3 aromatic carbocycles. The molecule has 0 atom stereocenters. The van der Waals surface area contributed by atoms with E-state index < -0.39 is 25.8 Å². The third kappa shape index (κ3) is 12.0. The summed E-state index contributed by atoms with van der Waals surface area (Å²) in [7, 11) is -6.55. The summed E-state index contributed by atoms with van der Waals surface area (Å²) in [6, 6.07) is 12.4. The van der Waals surface area contributed by atoms with Gasteiger partial charge in [0.05, 0.1) is 19.8 Å². The molecule has 1 aliphatic rings. The predicted octanol–water partition coefficient (Wildman–Crippen LogP) is 15.9. The summed E-state index contributed by atoms with van der Waals surface area (Å²) in [4.78, 5) is 0. The molecule has 9 nitrogen and oxygen atoms in total. The normalized spacial score (nSPS) is 18.2. The van der Waals surface area contributed by atoms with Crippen LogP contribution in [0.3, 0.4) is 0 Å². The molecule has 0 N–H and O–H groups in total. The van der Waals surface area contributed by atoms with Crippen molar-refractivity contribution < 1.29 is 40.7 Å². The lowest BCUT2D eigenvalue weighted by molar-refractivity contribution is 0.268. The summed E-state index contributed by atoms with van der Waals surface area (Å²) >= 11 is 0. The van der Waals surface area contributed by atoms with Crippen molar-refractivity contribution in [2.75, 3.05) is 19.8 Å². The highest BCUT2D eigenvalue weighted by molar-refractivity contribution is 7.69. The quantitative estimate of drug-likeness (QED) is 0.165. The van der Waals surface area contributed by atoms with E-state index >= 15 is 0 Å². The maximum Gasteiger partial charge on any atom is 0.413 e. The summed E-state index contributed by atoms with van der Waals surface area (Å²) < 4.78 is 60.3. The van der Waals surface area contributed by atoms with E-state index in [4.69, 9.17) is 40.7 Å². The smallest absolute Gasteiger partial charge is 0.413 e. The zero-order chi connectivity index (χ0) is 45.4. The Balaban J connectivity index is 2.01. The minimum absolute atomic E-state index is 0.296. The largest absolute Gasteiger partial charge is 0.493 e. The molecule has 0 radical (unpaired) electrons. The fraction of sp³-hybridized carbons (Fsp3) is 0.625. The molecule has 0 unspecified atom stereocenters. The number of rotatable bonds is 12. The molecule has 0 aliphatic carbocycles. The van der Waals surface area contributed by atoms with E-state index in [1.807, 2.05) is 39.0 Å². The first-order chi connectivity index (χ1) is 27.4. The van der Waals surface area contributed by atoms with Crippen molar-refractivity contribution in [3.8, 4) is 34.5 Å². The first kappa shape index (κ1) is 50.3. The highest BCUT2D eigenvalue weighted by atomic mass is 31.3. The third-order valence-corrected chi connectivity index (χ3v) is 14.0. The van der Waals surface area contributed by atoms with Crippen LogP contribution in [0.25, 0.3) is 0 Å². The van der Waals surface area contributed by atoms with Gasteiger partial charge in [-0.2, -0.15) is 0 Å². The molecule has 0 saturated carbocycles. The Labute approximate surface area is 367 Å². The molecule has 60 heavy (non-hydrogen) atoms. The summed E-state index contributed by atoms with van der Waals surface area (Å²) in [5.74, 6) is 4.24. The van der Waals surface area contributed by atoms with Gasteiger partial charge in [-0.3, -0.25) is 0 Å². The van der Waals surface area contributed by atoms with Crippen molar-refractivity contribution in [2.24, 2.45) is 0 Å². The van der Waals surface area contributed by atoms with Gasteiger partial charge in [0.25, 0.3) is 0 Å². The van der Waals surface area contributed by atoms with Crippen LogP contribution in [0.4, 0.5) is 0 Å². The van der Waals surface area contributed by atoms with Crippen LogP contribution < -0.4 is 27.8 Å². The van der Waals surface area contributed by atoms with Crippen LogP contribution in [0.2, 0.25) is 0 Å². The van der Waals surface area contributed by atoms with E-state index in [0.717, 1.165) is 50.6 Å². The SMILES string of the molecule is CCOc1ccc(C(C)(C)C)c(OP2OP(Oc3c(C(C)(C)C)ccc(OCC)c3C(C)(C)C)OP(Oc3c(C(C)(C)C)ccc(OCC)c3C(C)(C)C)O2)c1C(C)(C)C. The summed E-state index contributed by atoms with van der Waals surface area (Å²) in [5, 5.41) is 0. The Hall–Kier alpha value is -2.37. The third-order valence-electron chi connectivity index (χ3n) is 9.83. The summed E-state index contributed by atoms with van der Waals surface area (Å²) in [5.41, 5.74) is 3.80. The first-order valence-corrected chi connectivity index (χ1v) is 24.6. The monoisotopic (exact) mass is 888 g/mol. The highest BCUT2D eigenvalue weighted by Gasteiger charge is 2.46. The standard InChI is InChI=1S/C48H75O9P3/c1-22-49-34-28-25-31(43(4,5)6)40(37(34)46(13,14)15)52-58-55-59(53-41-32(44(7,8)9)26-29-35(50-23-2)38(41)47(16,17)18)57-60(56-58)54-42-33(45(10,11)12)27-30-36(51-24-3)39(42)48(19,20)21/h25-30H,22-24H2,1-21H3. The van der Waals surface area contributed by atoms with Crippen LogP contribution in [0.15, 0.2) is 36.4 Å². The van der Waals surface area contributed by atoms with Crippen molar-refractivity contribution in [1.29, 1.82) is 0 Å². The Bertz CT molecular complexity index is 1710. The molecule has 336 valence electrons. The molecule has 1 aliphatic heterocycles. The second-order valence-electron chi connectivity index (χ2n) is 21.4. The molecule has 4 rings (SSSR count). The Morgan fingerprint density at radius 1 is 0.350 bits per heavy atom. The molecule has 1 saturated heterocycles. The van der Waals surface area contributed by atoms with Crippen molar-refractivity contribution in [1.82, 2.24) is 0 Å². The second kappa shape index (κ2) is 18.8. The number of benzene rings is 3. The molecule has 3 aromatic rings. The molecule has 0 bridgehead atoms. The van der Waals surface area contributed by atoms with E-state index in [-0.39, 0.29) is 32.5 Å². The number of ether oxygens (including phenoxy) is 3. The maximum atomic E-state index is 7.09. The highest BCUT2D eigenvalue weighted by Crippen LogP contribution is 2.74. The Morgan fingerprint density at radius 2 is 0.567 bits per heavy atom. The van der Waals surface area contributed by atoms with Crippen LogP contribution in [-0.2, 0) is 45.4 Å². The first-order valence-electron chi connectivity index (χ1n) is 21.3. The minimum Gasteiger partial charge on any atom is -0.493 e. The van der Waals surface area contributed by atoms with E-state index in [1.165, 1.54) is 0 Å². The molecule has 1 fully saturated rings. The van der Waals surface area contributed by atoms with Gasteiger partial charge < -0.3 is 27.8 Å². The van der Waals surface area contributed by atoms with Gasteiger partial charge in [0.1, 0.15) is 34.5 Å². The van der Waals surface area contributed by atoms with Crippen LogP contribution >= 0.6 is 25.8 Å². The van der Waals surface area contributed by atoms with Gasteiger partial charge in [-0.25, -0.2) is 12.9 Å². The lowest BCUT2D eigenvalue weighted by Crippen LogP contribution is -2.22. The van der Waals surface area contributed by atoms with Gasteiger partial charge in [-0.05, 0) is 71.5 Å². The average Bonchev–Trinajstić information content (AvgIpc) is 3.05.